The van der Waals surface area contributed by atoms with Crippen LogP contribution in [-0.4, -0.2) is 55.6 Å². The van der Waals surface area contributed by atoms with Crippen molar-refractivity contribution in [2.75, 3.05) is 45.8 Å². The molecule has 0 aliphatic carbocycles. The lowest BCUT2D eigenvalue weighted by molar-refractivity contribution is 0.244. The zero-order chi connectivity index (χ0) is 14.2. The van der Waals surface area contributed by atoms with E-state index in [2.05, 4.69) is 53.2 Å². The quantitative estimate of drug-likeness (QED) is 0.821. The van der Waals surface area contributed by atoms with Gasteiger partial charge in [0.15, 0.2) is 0 Å². The third-order valence-corrected chi connectivity index (χ3v) is 4.25. The maximum absolute atomic E-state index is 3.40. The van der Waals surface area contributed by atoms with Crippen LogP contribution in [0.4, 0.5) is 0 Å². The van der Waals surface area contributed by atoms with Crippen LogP contribution in [0.3, 0.4) is 0 Å². The minimum atomic E-state index is 1.07. The van der Waals surface area contributed by atoms with Crippen LogP contribution in [0.2, 0.25) is 0 Å². The van der Waals surface area contributed by atoms with Crippen LogP contribution in [-0.2, 0) is 13.0 Å². The Hall–Kier alpha value is -0.900. The molecule has 1 fully saturated rings. The number of rotatable bonds is 7. The van der Waals surface area contributed by atoms with E-state index in [4.69, 9.17) is 0 Å². The first-order valence-corrected chi connectivity index (χ1v) is 8.05. The molecule has 1 heterocycles. The summed E-state index contributed by atoms with van der Waals surface area (Å²) in [6.45, 7) is 13.6. The number of hydrogen-bond donors (Lipinski definition) is 1. The molecule has 0 saturated carbocycles. The molecule has 0 spiro atoms. The van der Waals surface area contributed by atoms with E-state index in [0.29, 0.717) is 0 Å². The molecule has 1 aromatic rings. The Bertz CT molecular complexity index is 364. The van der Waals surface area contributed by atoms with E-state index in [1.54, 1.807) is 0 Å². The van der Waals surface area contributed by atoms with Gasteiger partial charge >= 0.3 is 0 Å². The van der Waals surface area contributed by atoms with Gasteiger partial charge in [0, 0.05) is 39.3 Å². The van der Waals surface area contributed by atoms with E-state index in [0.717, 1.165) is 32.7 Å². The molecule has 112 valence electrons. The Morgan fingerprint density at radius 1 is 1.00 bits per heavy atom. The molecule has 1 N–H and O–H groups in total. The van der Waals surface area contributed by atoms with E-state index >= 15 is 0 Å². The predicted octanol–water partition coefficient (Wildman–Crippen LogP) is 1.98. The van der Waals surface area contributed by atoms with Crippen LogP contribution in [0.5, 0.6) is 0 Å². The fourth-order valence-corrected chi connectivity index (χ4v) is 2.74. The van der Waals surface area contributed by atoms with Crippen molar-refractivity contribution in [2.24, 2.45) is 0 Å². The molecule has 1 aliphatic heterocycles. The van der Waals surface area contributed by atoms with E-state index in [9.17, 15) is 0 Å². The lowest BCUT2D eigenvalue weighted by atomic mass is 10.1. The minimum Gasteiger partial charge on any atom is -0.314 e. The molecule has 20 heavy (non-hydrogen) atoms. The number of piperazine rings is 1. The lowest BCUT2D eigenvalue weighted by Crippen LogP contribution is -2.44. The van der Waals surface area contributed by atoms with Crippen molar-refractivity contribution in [2.45, 2.75) is 26.8 Å². The molecule has 0 bridgehead atoms. The van der Waals surface area contributed by atoms with Gasteiger partial charge in [0.25, 0.3) is 0 Å². The summed E-state index contributed by atoms with van der Waals surface area (Å²) in [6, 6.07) is 9.21. The van der Waals surface area contributed by atoms with Gasteiger partial charge < -0.3 is 10.2 Å². The number of hydrogen-bond acceptors (Lipinski definition) is 3. The Kier molecular flexibility index (Phi) is 6.51. The van der Waals surface area contributed by atoms with Gasteiger partial charge in [0.1, 0.15) is 0 Å². The number of nitrogens with one attached hydrogen (secondary N) is 1. The topological polar surface area (TPSA) is 18.5 Å². The third-order valence-electron chi connectivity index (χ3n) is 4.25. The third kappa shape index (κ3) is 4.89. The molecule has 0 radical (unpaired) electrons. The summed E-state index contributed by atoms with van der Waals surface area (Å²) in [7, 11) is 0. The van der Waals surface area contributed by atoms with Gasteiger partial charge in [0.2, 0.25) is 0 Å². The van der Waals surface area contributed by atoms with E-state index in [1.165, 1.54) is 37.2 Å². The molecular weight excluding hydrogens is 246 g/mol. The van der Waals surface area contributed by atoms with Crippen LogP contribution < -0.4 is 5.32 Å². The van der Waals surface area contributed by atoms with Crippen LogP contribution >= 0.6 is 0 Å². The largest absolute Gasteiger partial charge is 0.314 e. The zero-order valence-electron chi connectivity index (χ0n) is 13.1. The van der Waals surface area contributed by atoms with Crippen LogP contribution in [0.1, 0.15) is 25.0 Å². The molecule has 3 nitrogen and oxygen atoms in total. The molecule has 3 heteroatoms. The van der Waals surface area contributed by atoms with Crippen LogP contribution in [0, 0.1) is 0 Å². The van der Waals surface area contributed by atoms with E-state index in [-0.39, 0.29) is 0 Å². The van der Waals surface area contributed by atoms with Gasteiger partial charge in [-0.3, -0.25) is 4.90 Å². The average molecular weight is 275 g/mol. The van der Waals surface area contributed by atoms with Crippen molar-refractivity contribution in [1.29, 1.82) is 0 Å². The predicted molar refractivity (Wildman–Crippen MR) is 86.1 cm³/mol. The number of benzene rings is 1. The maximum Gasteiger partial charge on any atom is 0.0233 e. The second kappa shape index (κ2) is 8.40. The van der Waals surface area contributed by atoms with Crippen molar-refractivity contribution >= 4 is 0 Å². The van der Waals surface area contributed by atoms with Gasteiger partial charge in [-0.05, 0) is 30.6 Å². The monoisotopic (exact) mass is 275 g/mol. The summed E-state index contributed by atoms with van der Waals surface area (Å²) in [5, 5.41) is 3.40. The van der Waals surface area contributed by atoms with Gasteiger partial charge in [-0.2, -0.15) is 0 Å². The first-order valence-electron chi connectivity index (χ1n) is 8.05. The summed E-state index contributed by atoms with van der Waals surface area (Å²) >= 11 is 0. The zero-order valence-corrected chi connectivity index (χ0v) is 13.1. The fraction of sp³-hybridized carbons (Fsp3) is 0.647. The lowest BCUT2D eigenvalue weighted by Gasteiger charge is -2.27. The van der Waals surface area contributed by atoms with Gasteiger partial charge in [-0.25, -0.2) is 0 Å². The van der Waals surface area contributed by atoms with Crippen LogP contribution in [0.25, 0.3) is 0 Å². The summed E-state index contributed by atoms with van der Waals surface area (Å²) in [5.74, 6) is 0. The van der Waals surface area contributed by atoms with Gasteiger partial charge in [0.05, 0.1) is 0 Å². The average Bonchev–Trinajstić information content (AvgIpc) is 2.53. The van der Waals surface area contributed by atoms with Crippen molar-refractivity contribution in [3.05, 3.63) is 35.4 Å². The minimum absolute atomic E-state index is 1.07. The molecule has 1 aromatic carbocycles. The van der Waals surface area contributed by atoms with Crippen molar-refractivity contribution in [3.63, 3.8) is 0 Å². The molecule has 0 atom stereocenters. The Labute approximate surface area is 124 Å². The molecule has 0 aromatic heterocycles. The summed E-state index contributed by atoms with van der Waals surface area (Å²) in [5.41, 5.74) is 2.89. The molecular formula is C17H29N3. The SMILES string of the molecule is CCN(CC)Cc1ccc(CCN2CCNCC2)cc1. The van der Waals surface area contributed by atoms with Gasteiger partial charge in [-0.1, -0.05) is 38.1 Å². The maximum atomic E-state index is 3.40. The summed E-state index contributed by atoms with van der Waals surface area (Å²) in [6.07, 6.45) is 1.17. The van der Waals surface area contributed by atoms with Crippen LogP contribution in [0.15, 0.2) is 24.3 Å². The Morgan fingerprint density at radius 2 is 1.60 bits per heavy atom. The second-order valence-electron chi connectivity index (χ2n) is 5.62. The van der Waals surface area contributed by atoms with Crippen molar-refractivity contribution in [3.8, 4) is 0 Å². The molecule has 1 aliphatic rings. The second-order valence-corrected chi connectivity index (χ2v) is 5.62. The smallest absolute Gasteiger partial charge is 0.0233 e. The molecule has 0 unspecified atom stereocenters. The first-order chi connectivity index (χ1) is 9.81. The fourth-order valence-electron chi connectivity index (χ4n) is 2.74. The molecule has 0 amide bonds. The Morgan fingerprint density at radius 3 is 2.20 bits per heavy atom. The summed E-state index contributed by atoms with van der Waals surface area (Å²) in [4.78, 5) is 5.01. The highest BCUT2D eigenvalue weighted by molar-refractivity contribution is 5.22. The highest BCUT2D eigenvalue weighted by Gasteiger charge is 2.09. The highest BCUT2D eigenvalue weighted by Crippen LogP contribution is 2.09. The van der Waals surface area contributed by atoms with Crippen molar-refractivity contribution < 1.29 is 0 Å². The van der Waals surface area contributed by atoms with Crippen molar-refractivity contribution in [1.82, 2.24) is 15.1 Å². The Balaban J connectivity index is 1.78. The molecule has 1 saturated heterocycles. The standard InChI is InChI=1S/C17H29N3/c1-3-19(4-2)15-17-7-5-16(6-8-17)9-12-20-13-10-18-11-14-20/h5-8,18H,3-4,9-15H2,1-2H3. The normalized spacial score (nSPS) is 16.8. The summed E-state index contributed by atoms with van der Waals surface area (Å²) < 4.78 is 0. The highest BCUT2D eigenvalue weighted by atomic mass is 15.2. The van der Waals surface area contributed by atoms with E-state index < -0.39 is 0 Å². The number of nitrogens with zero attached hydrogens (tertiary/aromatic N) is 2. The van der Waals surface area contributed by atoms with Gasteiger partial charge in [-0.15, -0.1) is 0 Å². The van der Waals surface area contributed by atoms with E-state index in [1.807, 2.05) is 0 Å². The first kappa shape index (κ1) is 15.5. The molecule has 2 rings (SSSR count).